The van der Waals surface area contributed by atoms with Crippen LogP contribution in [-0.2, 0) is 0 Å². The molecule has 0 spiro atoms. The number of non-ortho nitro benzene ring substituents is 1. The number of methoxy groups -OCH3 is 1. The van der Waals surface area contributed by atoms with Crippen molar-refractivity contribution in [3.8, 4) is 98.2 Å². The van der Waals surface area contributed by atoms with Crippen molar-refractivity contribution in [2.45, 2.75) is 142 Å². The highest BCUT2D eigenvalue weighted by molar-refractivity contribution is 6.32. The molecule has 0 aliphatic heterocycles. The molecular formula is C102H97Cl2N3O3. The van der Waals surface area contributed by atoms with Crippen LogP contribution in [-0.4, -0.2) is 12.0 Å². The summed E-state index contributed by atoms with van der Waals surface area (Å²) < 4.78 is 5.35. The molecule has 14 unspecified atom stereocenters. The summed E-state index contributed by atoms with van der Waals surface area (Å²) in [5, 5.41) is 21.4. The van der Waals surface area contributed by atoms with Gasteiger partial charge in [-0.15, -0.1) is 86.4 Å². The van der Waals surface area contributed by atoms with Gasteiger partial charge in [-0.2, -0.15) is 5.26 Å². The van der Waals surface area contributed by atoms with Gasteiger partial charge in [0.2, 0.25) is 0 Å². The summed E-state index contributed by atoms with van der Waals surface area (Å²) in [6, 6.07) is 43.8. The Morgan fingerprint density at radius 3 is 1.22 bits per heavy atom. The van der Waals surface area contributed by atoms with Gasteiger partial charge in [0.25, 0.3) is 5.69 Å². The molecule has 110 heavy (non-hydrogen) atoms. The zero-order valence-corrected chi connectivity index (χ0v) is 66.1. The van der Waals surface area contributed by atoms with E-state index in [-0.39, 0.29) is 16.5 Å². The van der Waals surface area contributed by atoms with Crippen molar-refractivity contribution in [1.29, 1.82) is 5.26 Å². The molecule has 7 aliphatic rings. The summed E-state index contributed by atoms with van der Waals surface area (Å²) in [6.07, 6.45) is 73.2. The van der Waals surface area contributed by atoms with E-state index in [9.17, 15) is 10.1 Å². The van der Waals surface area contributed by atoms with Crippen molar-refractivity contribution in [3.63, 3.8) is 0 Å². The Morgan fingerprint density at radius 2 is 0.782 bits per heavy atom. The fourth-order valence-corrected chi connectivity index (χ4v) is 16.0. The smallest absolute Gasteiger partial charge is 0.269 e. The van der Waals surface area contributed by atoms with Crippen molar-refractivity contribution in [1.82, 2.24) is 0 Å². The highest BCUT2D eigenvalue weighted by Gasteiger charge is 2.30. The lowest BCUT2D eigenvalue weighted by molar-refractivity contribution is -0.384. The summed E-state index contributed by atoms with van der Waals surface area (Å²) in [6.45, 7) is 24.4. The van der Waals surface area contributed by atoms with Crippen molar-refractivity contribution in [2.75, 3.05) is 7.11 Å². The van der Waals surface area contributed by atoms with Gasteiger partial charge in [-0.1, -0.05) is 236 Å². The Labute approximate surface area is 666 Å². The monoisotopic (exact) mass is 1480 g/mol. The van der Waals surface area contributed by atoms with Gasteiger partial charge in [0.05, 0.1) is 30.2 Å². The van der Waals surface area contributed by atoms with Crippen molar-refractivity contribution >= 4 is 77.1 Å². The van der Waals surface area contributed by atoms with Crippen LogP contribution in [0.15, 0.2) is 170 Å². The number of ether oxygens (including phenoxy) is 1. The Bertz CT molecular complexity index is 4970. The van der Waals surface area contributed by atoms with E-state index in [0.29, 0.717) is 89.0 Å². The lowest BCUT2D eigenvalue weighted by Gasteiger charge is -2.17. The van der Waals surface area contributed by atoms with Gasteiger partial charge in [0.15, 0.2) is 5.69 Å². The summed E-state index contributed by atoms with van der Waals surface area (Å²) in [5.41, 5.74) is 20.3. The quantitative estimate of drug-likeness (QED) is 0.0418. The Kier molecular flexibility index (Phi) is 31.4. The molecule has 0 amide bonds. The maximum absolute atomic E-state index is 10.8. The first kappa shape index (κ1) is 84.0. The standard InChI is InChI=1S/2C15H13N.C15H16O.C15H16.2C14H13Cl.C14H13NO2/c1-4-5-11(2)14-9-7-12-6-8-13(16-3)10-15(12)14;1-3-5-11(2)13-8-9-14-12(10-16)6-4-7-15(13)14;1-4-6-11(2)12-9-10-14-13(12)7-5-8-15(14)16-3;1-4-6-11(2)13-9-10-14-12(3)7-5-8-15(13)14;1-3-5-10(2)11-8-9-13-12(11)6-4-7-14(13)15;1-3-4-10(2)13-8-6-11-5-7-12(15)9-14(11)13;1-3-4-10(2)13-8-6-11-5-7-12(15(16)17)9-14(11)13/h1,6-11,14H,5H2,2H3;1,4,6-9,11,13H,5H2,2H3;1,5,7-12H,6H2,2-3H3;1,5,7-11,13H,6H2,2-3H3;1,4,6-11H,5H2,2H3;1,5-10,13H,4H2,2H3;1,5-10,13H,4H2,2H3. The second-order valence-corrected chi connectivity index (χ2v) is 30.2. The minimum absolute atomic E-state index is 0.144. The van der Waals surface area contributed by atoms with Crippen LogP contribution in [0.1, 0.15) is 224 Å². The lowest BCUT2D eigenvalue weighted by atomic mass is 9.86. The summed E-state index contributed by atoms with van der Waals surface area (Å²) in [5.74, 6) is 25.8. The Balaban J connectivity index is 0.000000161. The first-order valence-electron chi connectivity index (χ1n) is 37.6. The number of nitriles is 1. The van der Waals surface area contributed by atoms with Crippen LogP contribution in [0.25, 0.3) is 47.4 Å². The third-order valence-electron chi connectivity index (χ3n) is 21.8. The molecule has 6 nitrogen and oxygen atoms in total. The minimum atomic E-state index is -0.360. The van der Waals surface area contributed by atoms with Gasteiger partial charge in [0.1, 0.15) is 5.75 Å². The van der Waals surface area contributed by atoms with Gasteiger partial charge < -0.3 is 4.74 Å². The number of fused-ring (bicyclic) bond motifs is 7. The molecule has 552 valence electrons. The highest BCUT2D eigenvalue weighted by Crippen LogP contribution is 2.46. The van der Waals surface area contributed by atoms with Crippen LogP contribution < -0.4 is 4.74 Å². The average molecular weight is 1480 g/mol. The molecule has 0 heterocycles. The number of terminal acetylenes is 7. The largest absolute Gasteiger partial charge is 0.496 e. The zero-order chi connectivity index (χ0) is 79.6. The molecule has 0 aromatic heterocycles. The van der Waals surface area contributed by atoms with Crippen LogP contribution >= 0.6 is 23.2 Å². The van der Waals surface area contributed by atoms with E-state index >= 15 is 0 Å². The first-order chi connectivity index (χ1) is 53.1. The van der Waals surface area contributed by atoms with E-state index in [1.807, 2.05) is 72.8 Å². The molecule has 7 aromatic carbocycles. The van der Waals surface area contributed by atoms with Crippen LogP contribution in [0.3, 0.4) is 0 Å². The maximum atomic E-state index is 10.8. The number of nitro benzene ring substituents is 1. The van der Waals surface area contributed by atoms with Gasteiger partial charge >= 0.3 is 0 Å². The third kappa shape index (κ3) is 20.8. The normalized spacial score (nSPS) is 19.1. The second kappa shape index (κ2) is 41.1. The molecule has 8 heteroatoms. The molecule has 0 saturated heterocycles. The first-order valence-corrected chi connectivity index (χ1v) is 38.4. The van der Waals surface area contributed by atoms with E-state index in [4.69, 9.17) is 84.7 Å². The molecule has 0 saturated carbocycles. The number of nitrogens with zero attached hydrogens (tertiary/aromatic N) is 3. The van der Waals surface area contributed by atoms with Crippen molar-refractivity contribution in [2.24, 2.45) is 41.4 Å². The fourth-order valence-electron chi connectivity index (χ4n) is 15.6. The molecule has 0 bridgehead atoms. The number of benzene rings is 7. The molecule has 7 aromatic rings. The summed E-state index contributed by atoms with van der Waals surface area (Å²) >= 11 is 12.1. The van der Waals surface area contributed by atoms with Gasteiger partial charge in [0, 0.05) is 114 Å². The van der Waals surface area contributed by atoms with E-state index in [2.05, 4.69) is 229 Å². The number of allylic oxidation sites excluding steroid dienone is 7. The van der Waals surface area contributed by atoms with Gasteiger partial charge in [-0.3, -0.25) is 10.1 Å². The minimum Gasteiger partial charge on any atom is -0.496 e. The maximum Gasteiger partial charge on any atom is 0.269 e. The van der Waals surface area contributed by atoms with Crippen LogP contribution in [0.5, 0.6) is 5.75 Å². The summed E-state index contributed by atoms with van der Waals surface area (Å²) in [7, 11) is 1.71. The molecule has 14 atom stereocenters. The molecular weight excluding hydrogens is 1390 g/mol. The molecule has 7 aliphatic carbocycles. The second-order valence-electron chi connectivity index (χ2n) is 29.4. The van der Waals surface area contributed by atoms with Crippen LogP contribution in [0.4, 0.5) is 11.4 Å². The Hall–Kier alpha value is -11.6. The average Bonchev–Trinajstić information content (AvgIpc) is 1.71. The van der Waals surface area contributed by atoms with Crippen LogP contribution in [0.2, 0.25) is 10.0 Å². The third-order valence-corrected chi connectivity index (χ3v) is 22.3. The van der Waals surface area contributed by atoms with Crippen molar-refractivity contribution in [3.05, 3.63) is 291 Å². The molecule has 0 N–H and O–H groups in total. The Morgan fingerprint density at radius 1 is 0.436 bits per heavy atom. The summed E-state index contributed by atoms with van der Waals surface area (Å²) in [4.78, 5) is 13.9. The SMILES string of the molecule is C#CCC(C)C1C=Cc2c(C#N)cccc21.C#CCC(C)C1C=Cc2c(C)cccc21.C#CCC(C)C1C=Cc2c(Cl)cccc21.C#CCC(C)C1C=Cc2c(OC)cccc21.C#CCC(C)C1C=Cc2ccc(Cl)cc21.C#CCC(C)C1C=Cc2ccc([N+](=O)[O-])cc21.[C-]#[N+]c1ccc2c(c1)C(C(C)CC#C)C=C2. The number of aryl methyl sites for hydroxylation is 1. The number of hydrogen-bond acceptors (Lipinski definition) is 4. The van der Waals surface area contributed by atoms with Gasteiger partial charge in [-0.05, 0) is 163 Å². The van der Waals surface area contributed by atoms with E-state index < -0.39 is 0 Å². The predicted octanol–water partition coefficient (Wildman–Crippen LogP) is 26.1. The number of rotatable bonds is 16. The topological polar surface area (TPSA) is 80.5 Å². The molecule has 14 rings (SSSR count). The van der Waals surface area contributed by atoms with E-state index in [1.165, 1.54) is 67.3 Å². The number of halogens is 2. The number of hydrogen-bond donors (Lipinski definition) is 0. The van der Waals surface area contributed by atoms with Crippen LogP contribution in [0, 0.1) is 163 Å². The van der Waals surface area contributed by atoms with E-state index in [1.54, 1.807) is 19.2 Å². The predicted molar refractivity (Wildman–Crippen MR) is 465 cm³/mol. The number of nitro groups is 1. The highest BCUT2D eigenvalue weighted by atomic mass is 35.5. The van der Waals surface area contributed by atoms with Gasteiger partial charge in [-0.25, -0.2) is 4.85 Å². The molecule has 0 fully saturated rings. The van der Waals surface area contributed by atoms with Crippen molar-refractivity contribution < 1.29 is 9.66 Å². The zero-order valence-electron chi connectivity index (χ0n) is 64.6. The fraction of sp³-hybridized carbons (Fsp3) is 0.294. The van der Waals surface area contributed by atoms with E-state index in [0.717, 1.165) is 82.1 Å². The lowest BCUT2D eigenvalue weighted by Crippen LogP contribution is -2.05. The molecule has 0 radical (unpaired) electrons.